The van der Waals surface area contributed by atoms with E-state index < -0.39 is 0 Å². The van der Waals surface area contributed by atoms with Crippen LogP contribution in [0, 0.1) is 11.8 Å². The standard InChI is InChI=1S/C39H74ClN3O2/c1-35(2)31-27-23-19-15-11-7-5-9-13-17-21-25-29-33-44-38-41-37(40)42-39(43-38)45-34-30-26-22-18-14-10-6-8-12-16-20-24-28-32-36(3)4/h35-36H,5-34H2,1-4H3. The van der Waals surface area contributed by atoms with E-state index in [1.165, 1.54) is 167 Å². The van der Waals surface area contributed by atoms with Gasteiger partial charge in [0, 0.05) is 0 Å². The van der Waals surface area contributed by atoms with Crippen molar-refractivity contribution >= 4 is 11.6 Å². The average molecular weight is 652 g/mol. The van der Waals surface area contributed by atoms with Crippen LogP contribution in [0.25, 0.3) is 0 Å². The highest BCUT2D eigenvalue weighted by Crippen LogP contribution is 2.17. The summed E-state index contributed by atoms with van der Waals surface area (Å²) >= 11 is 6.09. The number of unbranched alkanes of at least 4 members (excludes halogenated alkanes) is 24. The normalized spacial score (nSPS) is 11.6. The molecule has 1 heterocycles. The maximum atomic E-state index is 6.09. The van der Waals surface area contributed by atoms with Gasteiger partial charge < -0.3 is 9.47 Å². The second-order valence-electron chi connectivity index (χ2n) is 14.4. The molecule has 0 radical (unpaired) electrons. The van der Waals surface area contributed by atoms with Gasteiger partial charge in [0.25, 0.3) is 0 Å². The Balaban J connectivity index is 1.90. The molecule has 1 aromatic rings. The molecule has 0 fully saturated rings. The molecule has 0 aliphatic rings. The molecular weight excluding hydrogens is 578 g/mol. The quantitative estimate of drug-likeness (QED) is 0.0694. The molecule has 0 aromatic carbocycles. The summed E-state index contributed by atoms with van der Waals surface area (Å²) < 4.78 is 11.5. The molecule has 264 valence electrons. The molecule has 0 spiro atoms. The maximum Gasteiger partial charge on any atom is 0.323 e. The number of halogens is 1. The number of hydrogen-bond acceptors (Lipinski definition) is 5. The summed E-state index contributed by atoms with van der Waals surface area (Å²) in [6, 6.07) is 0.548. The van der Waals surface area contributed by atoms with Gasteiger partial charge in [-0.05, 0) is 36.3 Å². The van der Waals surface area contributed by atoms with Crippen LogP contribution in [-0.2, 0) is 0 Å². The lowest BCUT2D eigenvalue weighted by Crippen LogP contribution is -2.06. The third-order valence-corrected chi connectivity index (χ3v) is 9.05. The van der Waals surface area contributed by atoms with Gasteiger partial charge in [-0.15, -0.1) is 4.98 Å². The van der Waals surface area contributed by atoms with Crippen molar-refractivity contribution in [3.8, 4) is 12.0 Å². The van der Waals surface area contributed by atoms with E-state index in [0.717, 1.165) is 24.7 Å². The Morgan fingerprint density at radius 2 is 0.622 bits per heavy atom. The minimum Gasteiger partial charge on any atom is -0.463 e. The summed E-state index contributed by atoms with van der Waals surface area (Å²) in [5, 5.41) is 0.132. The molecule has 6 heteroatoms. The summed E-state index contributed by atoms with van der Waals surface area (Å²) in [6.07, 6.45) is 37.7. The molecular formula is C39H74ClN3O2. The number of aromatic nitrogens is 3. The minimum atomic E-state index is 0.132. The minimum absolute atomic E-state index is 0.132. The van der Waals surface area contributed by atoms with Crippen molar-refractivity contribution in [3.63, 3.8) is 0 Å². The van der Waals surface area contributed by atoms with Crippen molar-refractivity contribution in [3.05, 3.63) is 5.28 Å². The molecule has 0 amide bonds. The lowest BCUT2D eigenvalue weighted by molar-refractivity contribution is 0.252. The van der Waals surface area contributed by atoms with Crippen LogP contribution in [0.4, 0.5) is 0 Å². The Labute approximate surface area is 285 Å². The highest BCUT2D eigenvalue weighted by atomic mass is 35.5. The first-order valence-corrected chi connectivity index (χ1v) is 20.0. The number of ether oxygens (including phenoxy) is 2. The van der Waals surface area contributed by atoms with Crippen LogP contribution in [0.1, 0.15) is 207 Å². The molecule has 0 unspecified atom stereocenters. The largest absolute Gasteiger partial charge is 0.463 e. The van der Waals surface area contributed by atoms with Crippen molar-refractivity contribution in [2.24, 2.45) is 11.8 Å². The van der Waals surface area contributed by atoms with Gasteiger partial charge in [0.1, 0.15) is 0 Å². The van der Waals surface area contributed by atoms with E-state index in [9.17, 15) is 0 Å². The second kappa shape index (κ2) is 31.5. The fourth-order valence-electron chi connectivity index (χ4n) is 5.97. The van der Waals surface area contributed by atoms with Crippen molar-refractivity contribution in [2.45, 2.75) is 207 Å². The van der Waals surface area contributed by atoms with Gasteiger partial charge in [-0.25, -0.2) is 0 Å². The number of nitrogens with zero attached hydrogens (tertiary/aromatic N) is 3. The Hall–Kier alpha value is -1.10. The van der Waals surface area contributed by atoms with E-state index in [-0.39, 0.29) is 17.3 Å². The smallest absolute Gasteiger partial charge is 0.323 e. The van der Waals surface area contributed by atoms with Crippen LogP contribution in [-0.4, -0.2) is 28.2 Å². The molecule has 0 aliphatic carbocycles. The second-order valence-corrected chi connectivity index (χ2v) is 14.8. The summed E-state index contributed by atoms with van der Waals surface area (Å²) in [6.45, 7) is 10.5. The Morgan fingerprint density at radius 3 is 0.889 bits per heavy atom. The highest BCUT2D eigenvalue weighted by Gasteiger charge is 2.07. The average Bonchev–Trinajstić information content (AvgIpc) is 3.00. The molecule has 5 nitrogen and oxygen atoms in total. The molecule has 0 atom stereocenters. The van der Waals surface area contributed by atoms with Crippen LogP contribution < -0.4 is 9.47 Å². The van der Waals surface area contributed by atoms with Gasteiger partial charge in [-0.1, -0.05) is 195 Å². The van der Waals surface area contributed by atoms with Crippen molar-refractivity contribution in [1.82, 2.24) is 15.0 Å². The molecule has 1 rings (SSSR count). The third-order valence-electron chi connectivity index (χ3n) is 8.88. The van der Waals surface area contributed by atoms with E-state index in [0.29, 0.717) is 13.2 Å². The van der Waals surface area contributed by atoms with Crippen LogP contribution in [0.2, 0.25) is 5.28 Å². The van der Waals surface area contributed by atoms with E-state index in [1.54, 1.807) is 0 Å². The number of rotatable bonds is 34. The van der Waals surface area contributed by atoms with Gasteiger partial charge in [0.15, 0.2) is 0 Å². The Kier molecular flexibility index (Phi) is 29.3. The summed E-state index contributed by atoms with van der Waals surface area (Å²) in [7, 11) is 0. The van der Waals surface area contributed by atoms with E-state index in [1.807, 2.05) is 0 Å². The van der Waals surface area contributed by atoms with Crippen molar-refractivity contribution < 1.29 is 9.47 Å². The van der Waals surface area contributed by atoms with Gasteiger partial charge >= 0.3 is 12.0 Å². The van der Waals surface area contributed by atoms with Crippen LogP contribution in [0.15, 0.2) is 0 Å². The SMILES string of the molecule is CC(C)CCCCCCCCCCCCCCCOc1nc(Cl)nc(OCCCCCCCCCCCCCCCC(C)C)n1. The zero-order valence-electron chi connectivity index (χ0n) is 30.4. The van der Waals surface area contributed by atoms with Crippen molar-refractivity contribution in [1.29, 1.82) is 0 Å². The zero-order valence-corrected chi connectivity index (χ0v) is 31.2. The summed E-state index contributed by atoms with van der Waals surface area (Å²) in [5.41, 5.74) is 0. The lowest BCUT2D eigenvalue weighted by Gasteiger charge is -2.08. The van der Waals surface area contributed by atoms with Gasteiger partial charge in [0.2, 0.25) is 5.28 Å². The first-order valence-electron chi connectivity index (χ1n) is 19.6. The third kappa shape index (κ3) is 30.0. The maximum absolute atomic E-state index is 6.09. The summed E-state index contributed by atoms with van der Waals surface area (Å²) in [5.74, 6) is 1.73. The monoisotopic (exact) mass is 652 g/mol. The fourth-order valence-corrected chi connectivity index (χ4v) is 6.11. The molecule has 0 saturated carbocycles. The highest BCUT2D eigenvalue weighted by molar-refractivity contribution is 6.28. The Bertz CT molecular complexity index is 704. The predicted octanol–water partition coefficient (Wildman–Crippen LogP) is 13.5. The first-order chi connectivity index (χ1) is 22.0. The van der Waals surface area contributed by atoms with Crippen LogP contribution >= 0.6 is 11.6 Å². The first kappa shape index (κ1) is 41.9. The Morgan fingerprint density at radius 1 is 0.378 bits per heavy atom. The molecule has 0 bridgehead atoms. The fraction of sp³-hybridized carbons (Fsp3) is 0.923. The van der Waals surface area contributed by atoms with Crippen LogP contribution in [0.5, 0.6) is 12.0 Å². The summed E-state index contributed by atoms with van der Waals surface area (Å²) in [4.78, 5) is 12.5. The van der Waals surface area contributed by atoms with Crippen molar-refractivity contribution in [2.75, 3.05) is 13.2 Å². The van der Waals surface area contributed by atoms with Crippen LogP contribution in [0.3, 0.4) is 0 Å². The molecule has 45 heavy (non-hydrogen) atoms. The lowest BCUT2D eigenvalue weighted by atomic mass is 10.0. The van der Waals surface area contributed by atoms with Gasteiger partial charge in [-0.3, -0.25) is 0 Å². The van der Waals surface area contributed by atoms with Gasteiger partial charge in [0.05, 0.1) is 13.2 Å². The van der Waals surface area contributed by atoms with E-state index >= 15 is 0 Å². The topological polar surface area (TPSA) is 57.1 Å². The molecule has 0 aliphatic heterocycles. The zero-order chi connectivity index (χ0) is 32.6. The van der Waals surface area contributed by atoms with E-state index in [4.69, 9.17) is 21.1 Å². The van der Waals surface area contributed by atoms with E-state index in [2.05, 4.69) is 42.6 Å². The van der Waals surface area contributed by atoms with Gasteiger partial charge in [-0.2, -0.15) is 9.97 Å². The molecule has 0 saturated heterocycles. The predicted molar refractivity (Wildman–Crippen MR) is 195 cm³/mol. The molecule has 1 aromatic heterocycles. The molecule has 0 N–H and O–H groups in total. The number of hydrogen-bond donors (Lipinski definition) is 0.